The number of hydrogen-bond acceptors (Lipinski definition) is 2. The summed E-state index contributed by atoms with van der Waals surface area (Å²) in [6.45, 7) is 6.69. The van der Waals surface area contributed by atoms with Crippen molar-refractivity contribution in [2.24, 2.45) is 0 Å². The second-order valence-corrected chi connectivity index (χ2v) is 8.53. The van der Waals surface area contributed by atoms with Crippen LogP contribution >= 0.6 is 0 Å². The van der Waals surface area contributed by atoms with E-state index in [0.717, 1.165) is 33.9 Å². The van der Waals surface area contributed by atoms with E-state index >= 15 is 0 Å². The average Bonchev–Trinajstić information content (AvgIpc) is 3.17. The molecular formula is C27H27N3. The normalized spacial score (nSPS) is 11.8. The molecule has 2 N–H and O–H groups in total. The number of anilines is 1. The number of para-hydroxylation sites is 1. The minimum atomic E-state index is 0.157. The molecule has 0 fully saturated rings. The summed E-state index contributed by atoms with van der Waals surface area (Å²) in [4.78, 5) is 0. The van der Waals surface area contributed by atoms with Gasteiger partial charge in [-0.25, -0.2) is 4.68 Å². The number of hydrogen-bond donors (Lipinski definition) is 1. The van der Waals surface area contributed by atoms with Crippen molar-refractivity contribution in [1.29, 1.82) is 0 Å². The predicted octanol–water partition coefficient (Wildman–Crippen LogP) is 6.59. The van der Waals surface area contributed by atoms with E-state index in [0.29, 0.717) is 0 Å². The van der Waals surface area contributed by atoms with Crippen LogP contribution in [0.3, 0.4) is 0 Å². The molecule has 3 nitrogen and oxygen atoms in total. The van der Waals surface area contributed by atoms with Crippen molar-refractivity contribution in [3.05, 3.63) is 102 Å². The lowest BCUT2D eigenvalue weighted by atomic mass is 9.87. The van der Waals surface area contributed by atoms with Gasteiger partial charge >= 0.3 is 0 Å². The van der Waals surface area contributed by atoms with Crippen LogP contribution in [0.4, 0.5) is 5.69 Å². The summed E-state index contributed by atoms with van der Waals surface area (Å²) in [5, 5.41) is 4.85. The Bertz CT molecular complexity index is 1140. The van der Waals surface area contributed by atoms with E-state index < -0.39 is 0 Å². The van der Waals surface area contributed by atoms with Crippen LogP contribution in [0.1, 0.15) is 37.6 Å². The summed E-state index contributed by atoms with van der Waals surface area (Å²) >= 11 is 0. The van der Waals surface area contributed by atoms with Crippen LogP contribution in [0.25, 0.3) is 29.1 Å². The zero-order valence-corrected chi connectivity index (χ0v) is 17.7. The van der Waals surface area contributed by atoms with Crippen LogP contribution < -0.4 is 5.73 Å². The molecule has 0 bridgehead atoms. The molecule has 0 radical (unpaired) electrons. The molecule has 0 aliphatic rings. The van der Waals surface area contributed by atoms with Gasteiger partial charge in [0.25, 0.3) is 0 Å². The molecule has 3 aromatic carbocycles. The highest BCUT2D eigenvalue weighted by molar-refractivity contribution is 5.72. The van der Waals surface area contributed by atoms with Gasteiger partial charge in [-0.15, -0.1) is 0 Å². The van der Waals surface area contributed by atoms with Crippen LogP contribution in [0.2, 0.25) is 0 Å². The minimum absolute atomic E-state index is 0.157. The lowest BCUT2D eigenvalue weighted by Gasteiger charge is -2.18. The summed E-state index contributed by atoms with van der Waals surface area (Å²) in [6, 6.07) is 28.9. The molecule has 0 aliphatic carbocycles. The smallest absolute Gasteiger partial charge is 0.0862 e. The van der Waals surface area contributed by atoms with Gasteiger partial charge in [-0.3, -0.25) is 0 Å². The largest absolute Gasteiger partial charge is 0.399 e. The van der Waals surface area contributed by atoms with Crippen LogP contribution in [0, 0.1) is 0 Å². The maximum atomic E-state index is 5.87. The number of benzene rings is 3. The van der Waals surface area contributed by atoms with Crippen molar-refractivity contribution in [3.8, 4) is 16.9 Å². The van der Waals surface area contributed by atoms with Gasteiger partial charge in [0.15, 0.2) is 0 Å². The molecule has 0 saturated carbocycles. The van der Waals surface area contributed by atoms with Crippen molar-refractivity contribution in [2.75, 3.05) is 5.73 Å². The molecule has 30 heavy (non-hydrogen) atoms. The molecule has 1 aromatic heterocycles. The van der Waals surface area contributed by atoms with Crippen LogP contribution in [-0.2, 0) is 5.41 Å². The second kappa shape index (κ2) is 8.03. The predicted molar refractivity (Wildman–Crippen MR) is 127 cm³/mol. The van der Waals surface area contributed by atoms with Crippen LogP contribution in [-0.4, -0.2) is 9.78 Å². The molecule has 3 heteroatoms. The first-order valence-electron chi connectivity index (χ1n) is 10.2. The zero-order chi connectivity index (χ0) is 21.1. The fourth-order valence-corrected chi connectivity index (χ4v) is 3.38. The molecule has 1 heterocycles. The van der Waals surface area contributed by atoms with Gasteiger partial charge in [-0.1, -0.05) is 81.4 Å². The molecule has 0 aliphatic heterocycles. The Morgan fingerprint density at radius 3 is 2.10 bits per heavy atom. The monoisotopic (exact) mass is 393 g/mol. The van der Waals surface area contributed by atoms with Crippen molar-refractivity contribution < 1.29 is 0 Å². The third kappa shape index (κ3) is 4.36. The highest BCUT2D eigenvalue weighted by Gasteiger charge is 2.13. The number of aromatic nitrogens is 2. The molecule has 0 saturated heterocycles. The summed E-state index contributed by atoms with van der Waals surface area (Å²) in [5.41, 5.74) is 13.3. The fourth-order valence-electron chi connectivity index (χ4n) is 3.38. The third-order valence-electron chi connectivity index (χ3n) is 5.16. The fraction of sp³-hybridized carbons (Fsp3) is 0.148. The highest BCUT2D eigenvalue weighted by atomic mass is 15.3. The first-order chi connectivity index (χ1) is 14.4. The zero-order valence-electron chi connectivity index (χ0n) is 17.7. The van der Waals surface area contributed by atoms with E-state index in [9.17, 15) is 0 Å². The van der Waals surface area contributed by atoms with Gasteiger partial charge < -0.3 is 5.73 Å². The van der Waals surface area contributed by atoms with Gasteiger partial charge in [-0.05, 0) is 52.9 Å². The Morgan fingerprint density at radius 1 is 0.800 bits per heavy atom. The van der Waals surface area contributed by atoms with Crippen LogP contribution in [0.5, 0.6) is 0 Å². The van der Waals surface area contributed by atoms with E-state index in [1.54, 1.807) is 0 Å². The van der Waals surface area contributed by atoms with Crippen molar-refractivity contribution in [3.63, 3.8) is 0 Å². The summed E-state index contributed by atoms with van der Waals surface area (Å²) in [7, 11) is 0. The highest BCUT2D eigenvalue weighted by Crippen LogP contribution is 2.26. The molecule has 4 rings (SSSR count). The Kier molecular flexibility index (Phi) is 5.28. The Labute approximate surface area is 178 Å². The molecule has 0 atom stereocenters. The first kappa shape index (κ1) is 19.7. The molecule has 4 aromatic rings. The Balaban J connectivity index is 1.69. The average molecular weight is 394 g/mol. The number of nitrogens with two attached hydrogens (primary N) is 1. The summed E-state index contributed by atoms with van der Waals surface area (Å²) in [6.07, 6.45) is 4.17. The number of nitrogens with zero attached hydrogens (tertiary/aromatic N) is 2. The molecule has 150 valence electrons. The third-order valence-corrected chi connectivity index (χ3v) is 5.16. The summed E-state index contributed by atoms with van der Waals surface area (Å²) in [5.74, 6) is 0. The van der Waals surface area contributed by atoms with Gasteiger partial charge in [0, 0.05) is 11.3 Å². The molecular weight excluding hydrogens is 366 g/mol. The number of rotatable bonds is 4. The van der Waals surface area contributed by atoms with E-state index in [2.05, 4.69) is 75.4 Å². The van der Waals surface area contributed by atoms with Crippen molar-refractivity contribution in [1.82, 2.24) is 9.78 Å². The first-order valence-corrected chi connectivity index (χ1v) is 10.2. The molecule has 0 amide bonds. The standard InChI is InChI=1S/C27H27N3/c1-27(2,3)22-14-9-20(10-15-22)11-18-24-19-26(21-12-16-23(28)17-13-21)30(29-24)25-7-5-4-6-8-25/h4-19H,28H2,1-3H3. The van der Waals surface area contributed by atoms with E-state index in [-0.39, 0.29) is 5.41 Å². The Morgan fingerprint density at radius 2 is 1.47 bits per heavy atom. The van der Waals surface area contributed by atoms with E-state index in [1.165, 1.54) is 5.56 Å². The van der Waals surface area contributed by atoms with Crippen LogP contribution in [0.15, 0.2) is 84.9 Å². The molecule has 0 spiro atoms. The van der Waals surface area contributed by atoms with Gasteiger partial charge in [-0.2, -0.15) is 5.10 Å². The maximum absolute atomic E-state index is 5.87. The van der Waals surface area contributed by atoms with Crippen molar-refractivity contribution >= 4 is 17.8 Å². The second-order valence-electron chi connectivity index (χ2n) is 8.53. The van der Waals surface area contributed by atoms with Gasteiger partial charge in [0.05, 0.1) is 17.1 Å². The van der Waals surface area contributed by atoms with E-state index in [1.807, 2.05) is 47.1 Å². The van der Waals surface area contributed by atoms with Crippen molar-refractivity contribution in [2.45, 2.75) is 26.2 Å². The van der Waals surface area contributed by atoms with Gasteiger partial charge in [0.1, 0.15) is 0 Å². The summed E-state index contributed by atoms with van der Waals surface area (Å²) < 4.78 is 1.98. The SMILES string of the molecule is CC(C)(C)c1ccc(C=Cc2cc(-c3ccc(N)cc3)n(-c3ccccc3)n2)cc1. The lowest BCUT2D eigenvalue weighted by Crippen LogP contribution is -2.10. The molecule has 0 unspecified atom stereocenters. The quantitative estimate of drug-likeness (QED) is 0.398. The topological polar surface area (TPSA) is 43.8 Å². The van der Waals surface area contributed by atoms with E-state index in [4.69, 9.17) is 10.8 Å². The number of nitrogen functional groups attached to an aromatic ring is 1. The lowest BCUT2D eigenvalue weighted by molar-refractivity contribution is 0.590. The Hall–Kier alpha value is -3.59. The van der Waals surface area contributed by atoms with Gasteiger partial charge in [0.2, 0.25) is 0 Å². The maximum Gasteiger partial charge on any atom is 0.0862 e. The minimum Gasteiger partial charge on any atom is -0.399 e.